The zero-order valence-corrected chi connectivity index (χ0v) is 22.6. The summed E-state index contributed by atoms with van der Waals surface area (Å²) in [5.41, 5.74) is 1.01. The number of rotatable bonds is 10. The van der Waals surface area contributed by atoms with E-state index < -0.39 is 35.7 Å². The lowest BCUT2D eigenvalue weighted by Crippen LogP contribution is -2.59. The van der Waals surface area contributed by atoms with Crippen LogP contribution in [0.2, 0.25) is 0 Å². The lowest BCUT2D eigenvalue weighted by Gasteiger charge is -2.44. The molecule has 1 aromatic rings. The number of methoxy groups -OCH3 is 1. The molecule has 2 N–H and O–H groups in total. The predicted octanol–water partition coefficient (Wildman–Crippen LogP) is 3.51. The van der Waals surface area contributed by atoms with Crippen LogP contribution in [0.5, 0.6) is 0 Å². The maximum atomic E-state index is 14.0. The van der Waals surface area contributed by atoms with E-state index in [0.717, 1.165) is 31.2 Å². The molecule has 2 unspecified atom stereocenters. The lowest BCUT2D eigenvalue weighted by molar-refractivity contribution is -0.149. The highest BCUT2D eigenvalue weighted by Crippen LogP contribution is 2.34. The number of carbonyl (C=O) groups is 4. The first-order valence-corrected chi connectivity index (χ1v) is 12.6. The number of alkyl carbamates (subject to hydrolysis) is 1. The molecule has 0 aliphatic heterocycles. The van der Waals surface area contributed by atoms with Gasteiger partial charge in [-0.25, -0.2) is 4.79 Å². The van der Waals surface area contributed by atoms with E-state index in [2.05, 4.69) is 15.4 Å². The third-order valence-electron chi connectivity index (χ3n) is 6.19. The summed E-state index contributed by atoms with van der Waals surface area (Å²) in [5.74, 6) is -1.69. The van der Waals surface area contributed by atoms with Crippen LogP contribution in [0, 0.1) is 5.92 Å². The quantitative estimate of drug-likeness (QED) is 0.473. The summed E-state index contributed by atoms with van der Waals surface area (Å²) in [7, 11) is 1.25. The second-order valence-electron chi connectivity index (χ2n) is 10.5. The SMILES string of the molecule is CCc1ccc(C(C(=O)NCC(=O)OC)N(C(=O)C(NC(=O)OC(C)(C)C)C(C)C)C2CCC2)cc1. The van der Waals surface area contributed by atoms with Crippen LogP contribution in [0.1, 0.15) is 78.0 Å². The summed E-state index contributed by atoms with van der Waals surface area (Å²) < 4.78 is 10.1. The Kier molecular flexibility index (Phi) is 10.3. The molecule has 1 saturated carbocycles. The van der Waals surface area contributed by atoms with Crippen molar-refractivity contribution in [1.29, 1.82) is 0 Å². The van der Waals surface area contributed by atoms with Gasteiger partial charge in [0.15, 0.2) is 0 Å². The van der Waals surface area contributed by atoms with Crippen molar-refractivity contribution in [2.75, 3.05) is 13.7 Å². The first-order valence-electron chi connectivity index (χ1n) is 12.6. The number of aryl methyl sites for hydroxylation is 1. The van der Waals surface area contributed by atoms with Crippen molar-refractivity contribution in [3.8, 4) is 0 Å². The molecule has 1 aliphatic carbocycles. The fourth-order valence-electron chi connectivity index (χ4n) is 3.99. The molecule has 36 heavy (non-hydrogen) atoms. The van der Waals surface area contributed by atoms with Gasteiger partial charge >= 0.3 is 12.1 Å². The van der Waals surface area contributed by atoms with Gasteiger partial charge in [0, 0.05) is 6.04 Å². The Bertz CT molecular complexity index is 918. The summed E-state index contributed by atoms with van der Waals surface area (Å²) in [5, 5.41) is 5.34. The Morgan fingerprint density at radius 1 is 1.08 bits per heavy atom. The fourth-order valence-corrected chi connectivity index (χ4v) is 3.99. The number of esters is 1. The van der Waals surface area contributed by atoms with Crippen molar-refractivity contribution < 1.29 is 28.7 Å². The predicted molar refractivity (Wildman–Crippen MR) is 136 cm³/mol. The van der Waals surface area contributed by atoms with Crippen molar-refractivity contribution >= 4 is 23.9 Å². The normalized spacial score (nSPS) is 15.3. The van der Waals surface area contributed by atoms with E-state index in [9.17, 15) is 19.2 Å². The van der Waals surface area contributed by atoms with E-state index in [4.69, 9.17) is 4.74 Å². The molecule has 0 bridgehead atoms. The number of amides is 3. The maximum absolute atomic E-state index is 14.0. The van der Waals surface area contributed by atoms with Crippen LogP contribution in [0.4, 0.5) is 4.79 Å². The minimum Gasteiger partial charge on any atom is -0.468 e. The van der Waals surface area contributed by atoms with Gasteiger partial charge in [-0.2, -0.15) is 0 Å². The molecular formula is C27H41N3O6. The van der Waals surface area contributed by atoms with Crippen LogP contribution in [0.25, 0.3) is 0 Å². The van der Waals surface area contributed by atoms with E-state index in [-0.39, 0.29) is 24.4 Å². The summed E-state index contributed by atoms with van der Waals surface area (Å²) in [6, 6.07) is 5.50. The van der Waals surface area contributed by atoms with Gasteiger partial charge < -0.3 is 25.0 Å². The Hall–Kier alpha value is -3.10. The first-order chi connectivity index (χ1) is 16.9. The number of nitrogens with zero attached hydrogens (tertiary/aromatic N) is 1. The third kappa shape index (κ3) is 7.96. The number of carbonyl (C=O) groups excluding carboxylic acids is 4. The van der Waals surface area contributed by atoms with Crippen molar-refractivity contribution in [1.82, 2.24) is 15.5 Å². The average molecular weight is 504 g/mol. The second-order valence-corrected chi connectivity index (χ2v) is 10.5. The third-order valence-corrected chi connectivity index (χ3v) is 6.19. The zero-order chi connectivity index (χ0) is 27.0. The Balaban J connectivity index is 2.46. The van der Waals surface area contributed by atoms with Crippen molar-refractivity contribution in [3.63, 3.8) is 0 Å². The number of ether oxygens (including phenoxy) is 2. The van der Waals surface area contributed by atoms with Crippen molar-refractivity contribution in [3.05, 3.63) is 35.4 Å². The molecule has 2 atom stereocenters. The van der Waals surface area contributed by atoms with E-state index >= 15 is 0 Å². The molecular weight excluding hydrogens is 462 g/mol. The van der Waals surface area contributed by atoms with E-state index in [1.54, 1.807) is 25.7 Å². The topological polar surface area (TPSA) is 114 Å². The van der Waals surface area contributed by atoms with Gasteiger partial charge in [0.25, 0.3) is 0 Å². The zero-order valence-electron chi connectivity index (χ0n) is 22.6. The highest BCUT2D eigenvalue weighted by atomic mass is 16.6. The molecule has 0 spiro atoms. The number of hydrogen-bond acceptors (Lipinski definition) is 6. The molecule has 0 radical (unpaired) electrons. The molecule has 1 fully saturated rings. The van der Waals surface area contributed by atoms with Gasteiger partial charge in [-0.3, -0.25) is 14.4 Å². The highest BCUT2D eigenvalue weighted by Gasteiger charge is 2.42. The first kappa shape index (κ1) is 29.1. The maximum Gasteiger partial charge on any atom is 0.408 e. The number of nitrogens with one attached hydrogen (secondary N) is 2. The van der Waals surface area contributed by atoms with Crippen molar-refractivity contribution in [2.24, 2.45) is 5.92 Å². The standard InChI is InChI=1S/C27H41N3O6/c1-8-18-12-14-19(15-13-18)23(24(32)28-16-21(31)35-7)30(20-10-9-11-20)25(33)22(17(2)3)29-26(34)36-27(4,5)6/h12-15,17,20,22-23H,8-11,16H2,1-7H3,(H,28,32)(H,29,34). The molecule has 9 heteroatoms. The van der Waals surface area contributed by atoms with Gasteiger partial charge in [-0.1, -0.05) is 45.0 Å². The fraction of sp³-hybridized carbons (Fsp3) is 0.630. The Morgan fingerprint density at radius 3 is 2.14 bits per heavy atom. The molecule has 0 aromatic heterocycles. The molecule has 1 aromatic carbocycles. The molecule has 3 amide bonds. The average Bonchev–Trinajstić information content (AvgIpc) is 2.77. The van der Waals surface area contributed by atoms with E-state index in [1.807, 2.05) is 45.0 Å². The highest BCUT2D eigenvalue weighted by molar-refractivity contribution is 5.93. The number of benzene rings is 1. The molecule has 1 aliphatic rings. The van der Waals surface area contributed by atoms with Crippen LogP contribution in [-0.4, -0.2) is 60.1 Å². The summed E-state index contributed by atoms with van der Waals surface area (Å²) in [6.07, 6.45) is 2.57. The van der Waals surface area contributed by atoms with Crippen LogP contribution in [-0.2, 0) is 30.3 Å². The Labute approximate surface area is 214 Å². The summed E-state index contributed by atoms with van der Waals surface area (Å²) in [6.45, 7) is 10.6. The summed E-state index contributed by atoms with van der Waals surface area (Å²) >= 11 is 0. The Morgan fingerprint density at radius 2 is 1.69 bits per heavy atom. The second kappa shape index (κ2) is 12.7. The summed E-state index contributed by atoms with van der Waals surface area (Å²) in [4.78, 5) is 53.4. The van der Waals surface area contributed by atoms with Gasteiger partial charge in [0.05, 0.1) is 7.11 Å². The van der Waals surface area contributed by atoms with Gasteiger partial charge in [0.1, 0.15) is 24.2 Å². The minimum absolute atomic E-state index is 0.168. The van der Waals surface area contributed by atoms with Gasteiger partial charge in [-0.15, -0.1) is 0 Å². The lowest BCUT2D eigenvalue weighted by atomic mass is 9.87. The van der Waals surface area contributed by atoms with Crippen LogP contribution in [0.3, 0.4) is 0 Å². The molecule has 2 rings (SSSR count). The smallest absolute Gasteiger partial charge is 0.408 e. The van der Waals surface area contributed by atoms with Crippen LogP contribution < -0.4 is 10.6 Å². The molecule has 0 heterocycles. The van der Waals surface area contributed by atoms with Gasteiger partial charge in [0.2, 0.25) is 11.8 Å². The molecule has 9 nitrogen and oxygen atoms in total. The van der Waals surface area contributed by atoms with E-state index in [0.29, 0.717) is 5.56 Å². The van der Waals surface area contributed by atoms with Crippen LogP contribution in [0.15, 0.2) is 24.3 Å². The van der Waals surface area contributed by atoms with Crippen LogP contribution >= 0.6 is 0 Å². The minimum atomic E-state index is -0.972. The molecule has 200 valence electrons. The monoisotopic (exact) mass is 503 g/mol. The van der Waals surface area contributed by atoms with Crippen molar-refractivity contribution in [2.45, 2.75) is 91.0 Å². The van der Waals surface area contributed by atoms with E-state index in [1.165, 1.54) is 7.11 Å². The number of hydrogen-bond donors (Lipinski definition) is 2. The van der Waals surface area contributed by atoms with Gasteiger partial charge in [-0.05, 0) is 63.5 Å². The molecule has 0 saturated heterocycles. The largest absolute Gasteiger partial charge is 0.468 e.